The van der Waals surface area contributed by atoms with E-state index < -0.39 is 5.82 Å². The Morgan fingerprint density at radius 1 is 1.12 bits per heavy atom. The van der Waals surface area contributed by atoms with Crippen LogP contribution in [0.15, 0.2) is 48.7 Å². The Labute approximate surface area is 196 Å². The molecule has 2 aliphatic rings. The maximum atomic E-state index is 14.4. The Balaban J connectivity index is 1.45. The number of carbonyl (C=O) groups is 1. The molecule has 0 unspecified atom stereocenters. The van der Waals surface area contributed by atoms with Gasteiger partial charge >= 0.3 is 0 Å². The summed E-state index contributed by atoms with van der Waals surface area (Å²) in [5.74, 6) is 0.648. The van der Waals surface area contributed by atoms with Crippen molar-refractivity contribution in [3.05, 3.63) is 65.1 Å². The quantitative estimate of drug-likeness (QED) is 0.636. The second kappa shape index (κ2) is 8.96. The number of nitrogens with one attached hydrogen (secondary N) is 1. The molecule has 170 valence electrons. The van der Waals surface area contributed by atoms with Crippen LogP contribution >= 0.6 is 11.6 Å². The van der Waals surface area contributed by atoms with Crippen molar-refractivity contribution in [1.82, 2.24) is 15.3 Å². The molecule has 5 rings (SSSR count). The number of hydrogen-bond acceptors (Lipinski definition) is 6. The molecule has 3 aromatic rings. The molecule has 33 heavy (non-hydrogen) atoms. The SMILES string of the molecule is CN1C(=O)CN(Cc2ccc(Cl)cc2F)c2nc(-c3ccc(N4CCNCC4)cc3)ncc21. The summed E-state index contributed by atoms with van der Waals surface area (Å²) in [6.45, 7) is 4.21. The van der Waals surface area contributed by atoms with E-state index in [1.54, 1.807) is 35.2 Å². The molecule has 9 heteroatoms. The summed E-state index contributed by atoms with van der Waals surface area (Å²) in [5.41, 5.74) is 3.10. The van der Waals surface area contributed by atoms with Gasteiger partial charge in [-0.15, -0.1) is 0 Å². The second-order valence-electron chi connectivity index (χ2n) is 8.23. The summed E-state index contributed by atoms with van der Waals surface area (Å²) in [6, 6.07) is 12.8. The highest BCUT2D eigenvalue weighted by Gasteiger charge is 2.29. The number of aromatic nitrogens is 2. The van der Waals surface area contributed by atoms with Crippen LogP contribution in [0.3, 0.4) is 0 Å². The van der Waals surface area contributed by atoms with E-state index >= 15 is 0 Å². The van der Waals surface area contributed by atoms with Gasteiger partial charge in [-0.1, -0.05) is 17.7 Å². The molecule has 1 amide bonds. The normalized spacial score (nSPS) is 16.2. The number of fused-ring (bicyclic) bond motifs is 1. The Hall–Kier alpha value is -3.23. The van der Waals surface area contributed by atoms with E-state index in [9.17, 15) is 9.18 Å². The van der Waals surface area contributed by atoms with E-state index in [2.05, 4.69) is 27.3 Å². The summed E-state index contributed by atoms with van der Waals surface area (Å²) >= 11 is 5.89. The zero-order valence-corrected chi connectivity index (χ0v) is 19.0. The molecule has 0 radical (unpaired) electrons. The van der Waals surface area contributed by atoms with Crippen molar-refractivity contribution in [3.63, 3.8) is 0 Å². The van der Waals surface area contributed by atoms with E-state index in [1.165, 1.54) is 11.8 Å². The van der Waals surface area contributed by atoms with Gasteiger partial charge in [-0.05, 0) is 36.4 Å². The fraction of sp³-hybridized carbons (Fsp3) is 0.292. The summed E-state index contributed by atoms with van der Waals surface area (Å²) < 4.78 is 14.4. The van der Waals surface area contributed by atoms with Gasteiger partial charge in [0.05, 0.1) is 12.7 Å². The standard InChI is InChI=1S/C24H24ClFN6O/c1-30-21-13-28-23(16-3-6-19(7-4-16)31-10-8-27-9-11-31)29-24(21)32(15-22(30)33)14-17-2-5-18(25)12-20(17)26/h2-7,12-13,27H,8-11,14-15H2,1H3. The first-order valence-corrected chi connectivity index (χ1v) is 11.3. The number of amides is 1. The van der Waals surface area contributed by atoms with Crippen LogP contribution in [0.2, 0.25) is 5.02 Å². The van der Waals surface area contributed by atoms with E-state index in [4.69, 9.17) is 16.6 Å². The summed E-state index contributed by atoms with van der Waals surface area (Å²) in [7, 11) is 1.70. The molecule has 1 N–H and O–H groups in total. The van der Waals surface area contributed by atoms with Crippen LogP contribution < -0.4 is 20.0 Å². The van der Waals surface area contributed by atoms with Gasteiger partial charge in [0.15, 0.2) is 11.6 Å². The number of likely N-dealkylation sites (N-methyl/N-ethyl adjacent to an activating group) is 1. The zero-order chi connectivity index (χ0) is 22.9. The molecule has 7 nitrogen and oxygen atoms in total. The minimum Gasteiger partial charge on any atom is -0.369 e. The molecule has 1 saturated heterocycles. The topological polar surface area (TPSA) is 64.6 Å². The van der Waals surface area contributed by atoms with Crippen molar-refractivity contribution >= 4 is 34.7 Å². The third kappa shape index (κ3) is 4.36. The fourth-order valence-corrected chi connectivity index (χ4v) is 4.34. The lowest BCUT2D eigenvalue weighted by molar-refractivity contribution is -0.117. The van der Waals surface area contributed by atoms with Crippen molar-refractivity contribution in [1.29, 1.82) is 0 Å². The molecule has 2 aliphatic heterocycles. The first-order chi connectivity index (χ1) is 16.0. The number of piperazine rings is 1. The Kier molecular flexibility index (Phi) is 5.86. The molecule has 0 atom stereocenters. The monoisotopic (exact) mass is 466 g/mol. The Morgan fingerprint density at radius 3 is 2.61 bits per heavy atom. The minimum absolute atomic E-state index is 0.101. The van der Waals surface area contributed by atoms with Crippen molar-refractivity contribution in [3.8, 4) is 11.4 Å². The fourth-order valence-electron chi connectivity index (χ4n) is 4.18. The predicted octanol–water partition coefficient (Wildman–Crippen LogP) is 3.33. The lowest BCUT2D eigenvalue weighted by Gasteiger charge is -2.34. The molecule has 1 aromatic heterocycles. The highest BCUT2D eigenvalue weighted by Crippen LogP contribution is 2.34. The lowest BCUT2D eigenvalue weighted by Crippen LogP contribution is -2.44. The smallest absolute Gasteiger partial charge is 0.246 e. The molecule has 0 spiro atoms. The van der Waals surface area contributed by atoms with Crippen molar-refractivity contribution < 1.29 is 9.18 Å². The molecular weight excluding hydrogens is 443 g/mol. The Morgan fingerprint density at radius 2 is 1.88 bits per heavy atom. The number of rotatable bonds is 4. The van der Waals surface area contributed by atoms with Gasteiger partial charge < -0.3 is 20.0 Å². The third-order valence-corrected chi connectivity index (χ3v) is 6.33. The predicted molar refractivity (Wildman–Crippen MR) is 128 cm³/mol. The number of anilines is 3. The third-order valence-electron chi connectivity index (χ3n) is 6.10. The first kappa shape index (κ1) is 21.6. The first-order valence-electron chi connectivity index (χ1n) is 10.9. The number of carbonyl (C=O) groups excluding carboxylic acids is 1. The summed E-state index contributed by atoms with van der Waals surface area (Å²) in [5, 5.41) is 3.69. The maximum absolute atomic E-state index is 14.4. The summed E-state index contributed by atoms with van der Waals surface area (Å²) in [4.78, 5) is 27.5. The van der Waals surface area contributed by atoms with Gasteiger partial charge in [0, 0.05) is 61.6 Å². The zero-order valence-electron chi connectivity index (χ0n) is 18.3. The second-order valence-corrected chi connectivity index (χ2v) is 8.67. The molecule has 1 fully saturated rings. The molecule has 0 bridgehead atoms. The average Bonchev–Trinajstić information content (AvgIpc) is 2.84. The summed E-state index contributed by atoms with van der Waals surface area (Å²) in [6.07, 6.45) is 1.66. The van der Waals surface area contributed by atoms with Gasteiger partial charge in [-0.2, -0.15) is 0 Å². The highest BCUT2D eigenvalue weighted by molar-refractivity contribution is 6.30. The van der Waals surface area contributed by atoms with Crippen LogP contribution in [0.5, 0.6) is 0 Å². The van der Waals surface area contributed by atoms with Gasteiger partial charge in [0.2, 0.25) is 5.91 Å². The lowest BCUT2D eigenvalue weighted by atomic mass is 10.1. The van der Waals surface area contributed by atoms with Crippen molar-refractivity contribution in [2.24, 2.45) is 0 Å². The average molecular weight is 467 g/mol. The largest absolute Gasteiger partial charge is 0.369 e. The van der Waals surface area contributed by atoms with Crippen LogP contribution in [0.1, 0.15) is 5.56 Å². The maximum Gasteiger partial charge on any atom is 0.246 e. The van der Waals surface area contributed by atoms with Gasteiger partial charge in [-0.3, -0.25) is 4.79 Å². The number of halogens is 2. The van der Waals surface area contributed by atoms with Gasteiger partial charge in [0.1, 0.15) is 11.5 Å². The van der Waals surface area contributed by atoms with Crippen LogP contribution in [-0.2, 0) is 11.3 Å². The van der Waals surface area contributed by atoms with Crippen LogP contribution in [-0.4, -0.2) is 55.6 Å². The molecular formula is C24H24ClFN6O. The number of benzene rings is 2. The van der Waals surface area contributed by atoms with Gasteiger partial charge in [0.25, 0.3) is 0 Å². The molecule has 2 aromatic carbocycles. The number of nitrogens with zero attached hydrogens (tertiary/aromatic N) is 5. The van der Waals surface area contributed by atoms with Crippen LogP contribution in [0, 0.1) is 5.82 Å². The highest BCUT2D eigenvalue weighted by atomic mass is 35.5. The van der Waals surface area contributed by atoms with Crippen LogP contribution in [0.4, 0.5) is 21.6 Å². The van der Waals surface area contributed by atoms with Crippen molar-refractivity contribution in [2.75, 3.05) is 54.5 Å². The minimum atomic E-state index is -0.409. The molecule has 3 heterocycles. The van der Waals surface area contributed by atoms with Gasteiger partial charge in [-0.25, -0.2) is 14.4 Å². The molecule has 0 saturated carbocycles. The molecule has 0 aliphatic carbocycles. The number of hydrogen-bond donors (Lipinski definition) is 1. The van der Waals surface area contributed by atoms with E-state index in [-0.39, 0.29) is 19.0 Å². The van der Waals surface area contributed by atoms with Crippen molar-refractivity contribution in [2.45, 2.75) is 6.54 Å². The van der Waals surface area contributed by atoms with Crippen LogP contribution in [0.25, 0.3) is 11.4 Å². The van der Waals surface area contributed by atoms with E-state index in [0.29, 0.717) is 27.9 Å². The van der Waals surface area contributed by atoms with E-state index in [0.717, 1.165) is 31.7 Å². The Bertz CT molecular complexity index is 1180. The van der Waals surface area contributed by atoms with E-state index in [1.807, 2.05) is 12.1 Å².